The maximum atomic E-state index is 12.4. The molecule has 0 aromatic heterocycles. The monoisotopic (exact) mass is 336 g/mol. The number of ketones is 1. The number of likely N-dealkylation sites (tertiary alicyclic amines) is 1. The van der Waals surface area contributed by atoms with Gasteiger partial charge in [-0.2, -0.15) is 0 Å². The molecular formula is C20H20N2O3. The van der Waals surface area contributed by atoms with Gasteiger partial charge in [0.15, 0.2) is 0 Å². The molecule has 1 heterocycles. The maximum absolute atomic E-state index is 12.4. The second-order valence-electron chi connectivity index (χ2n) is 6.32. The number of benzene rings is 2. The first-order valence-corrected chi connectivity index (χ1v) is 8.22. The van der Waals surface area contributed by atoms with Crippen LogP contribution in [0.1, 0.15) is 18.5 Å². The number of nitrogens with zero attached hydrogens (tertiary/aromatic N) is 1. The summed E-state index contributed by atoms with van der Waals surface area (Å²) >= 11 is 0. The zero-order valence-electron chi connectivity index (χ0n) is 14.2. The van der Waals surface area contributed by atoms with Crippen LogP contribution in [0.2, 0.25) is 0 Å². The number of likely N-dealkylation sites (N-methyl/N-ethyl adjacent to an activating group) is 1. The minimum Gasteiger partial charge on any atom is -0.349 e. The van der Waals surface area contributed by atoms with E-state index in [1.54, 1.807) is 0 Å². The Balaban J connectivity index is 1.74. The Morgan fingerprint density at radius 1 is 1.08 bits per heavy atom. The molecule has 3 rings (SSSR count). The molecule has 0 aliphatic carbocycles. The van der Waals surface area contributed by atoms with Crippen molar-refractivity contribution in [1.82, 2.24) is 10.2 Å². The summed E-state index contributed by atoms with van der Waals surface area (Å²) in [6.45, 7) is 2.01. The average Bonchev–Trinajstić information content (AvgIpc) is 2.90. The number of Topliss-reactive ketones (excluding diaryl/α,β-unsaturated/α-hetero) is 1. The number of rotatable bonds is 4. The van der Waals surface area contributed by atoms with Gasteiger partial charge in [0.25, 0.3) is 5.91 Å². The number of hydrogen-bond acceptors (Lipinski definition) is 3. The summed E-state index contributed by atoms with van der Waals surface area (Å²) in [7, 11) is 1.53. The number of hydrogen-bond donors (Lipinski definition) is 1. The standard InChI is InChI=1S/C20H20N2O3/c1-13(21-19(24)17-12-22(2)20(25)18(17)23)15-9-6-10-16(11-15)14-7-4-3-5-8-14/h3-11,13,17H,12H2,1-2H3,(H,21,24)/t13-,17?/m0/s1. The summed E-state index contributed by atoms with van der Waals surface area (Å²) in [4.78, 5) is 37.1. The van der Waals surface area contributed by atoms with Gasteiger partial charge in [-0.05, 0) is 29.7 Å². The van der Waals surface area contributed by atoms with Crippen LogP contribution in [0, 0.1) is 5.92 Å². The highest BCUT2D eigenvalue weighted by molar-refractivity contribution is 6.42. The molecule has 2 amide bonds. The summed E-state index contributed by atoms with van der Waals surface area (Å²) in [5.41, 5.74) is 3.10. The summed E-state index contributed by atoms with van der Waals surface area (Å²) in [6, 6.07) is 17.6. The molecule has 25 heavy (non-hydrogen) atoms. The second-order valence-corrected chi connectivity index (χ2v) is 6.32. The normalized spacial score (nSPS) is 18.3. The van der Waals surface area contributed by atoms with Crippen LogP contribution < -0.4 is 5.32 Å². The number of amides is 2. The summed E-state index contributed by atoms with van der Waals surface area (Å²) < 4.78 is 0. The van der Waals surface area contributed by atoms with Gasteiger partial charge >= 0.3 is 0 Å². The van der Waals surface area contributed by atoms with Crippen LogP contribution in [0.25, 0.3) is 11.1 Å². The van der Waals surface area contributed by atoms with Crippen molar-refractivity contribution in [2.24, 2.45) is 5.92 Å². The van der Waals surface area contributed by atoms with E-state index in [4.69, 9.17) is 0 Å². The number of carbonyl (C=O) groups is 3. The predicted octanol–water partition coefficient (Wildman–Crippen LogP) is 2.19. The first kappa shape index (κ1) is 16.9. The number of nitrogens with one attached hydrogen (secondary N) is 1. The Hall–Kier alpha value is -2.95. The average molecular weight is 336 g/mol. The van der Waals surface area contributed by atoms with Crippen molar-refractivity contribution in [3.05, 3.63) is 60.2 Å². The lowest BCUT2D eigenvalue weighted by molar-refractivity contribution is -0.142. The van der Waals surface area contributed by atoms with E-state index in [0.717, 1.165) is 16.7 Å². The van der Waals surface area contributed by atoms with Crippen molar-refractivity contribution < 1.29 is 14.4 Å². The molecule has 128 valence electrons. The van der Waals surface area contributed by atoms with Crippen molar-refractivity contribution in [2.75, 3.05) is 13.6 Å². The second kappa shape index (κ2) is 6.89. The molecule has 2 aromatic rings. The van der Waals surface area contributed by atoms with Crippen molar-refractivity contribution >= 4 is 17.6 Å². The van der Waals surface area contributed by atoms with Gasteiger partial charge in [0.2, 0.25) is 11.7 Å². The zero-order valence-corrected chi connectivity index (χ0v) is 14.2. The van der Waals surface area contributed by atoms with E-state index in [2.05, 4.69) is 5.32 Å². The lowest BCUT2D eigenvalue weighted by Crippen LogP contribution is -2.37. The molecule has 0 saturated carbocycles. The van der Waals surface area contributed by atoms with Gasteiger partial charge in [-0.15, -0.1) is 0 Å². The van der Waals surface area contributed by atoms with Crippen LogP contribution in [0.15, 0.2) is 54.6 Å². The Bertz CT molecular complexity index is 817. The van der Waals surface area contributed by atoms with E-state index in [0.29, 0.717) is 0 Å². The third-order valence-corrected chi connectivity index (χ3v) is 4.50. The zero-order chi connectivity index (χ0) is 18.0. The third-order valence-electron chi connectivity index (χ3n) is 4.50. The Morgan fingerprint density at radius 2 is 1.76 bits per heavy atom. The quantitative estimate of drug-likeness (QED) is 0.687. The van der Waals surface area contributed by atoms with Crippen LogP contribution in [0.3, 0.4) is 0 Å². The summed E-state index contributed by atoms with van der Waals surface area (Å²) in [5, 5.41) is 2.85. The van der Waals surface area contributed by atoms with E-state index in [9.17, 15) is 14.4 Å². The van der Waals surface area contributed by atoms with E-state index in [1.165, 1.54) is 11.9 Å². The SMILES string of the molecule is C[C@H](NC(=O)C1CN(C)C(=O)C1=O)c1cccc(-c2ccccc2)c1. The van der Waals surface area contributed by atoms with E-state index < -0.39 is 23.5 Å². The van der Waals surface area contributed by atoms with Crippen molar-refractivity contribution in [3.63, 3.8) is 0 Å². The minimum absolute atomic E-state index is 0.139. The highest BCUT2D eigenvalue weighted by atomic mass is 16.2. The van der Waals surface area contributed by atoms with Crippen molar-refractivity contribution in [3.8, 4) is 11.1 Å². The van der Waals surface area contributed by atoms with Crippen LogP contribution in [-0.2, 0) is 14.4 Å². The smallest absolute Gasteiger partial charge is 0.290 e. The first-order chi connectivity index (χ1) is 12.0. The molecule has 5 nitrogen and oxygen atoms in total. The fraction of sp³-hybridized carbons (Fsp3) is 0.250. The van der Waals surface area contributed by atoms with Gasteiger partial charge in [-0.1, -0.05) is 48.5 Å². The van der Waals surface area contributed by atoms with Gasteiger partial charge in [-0.3, -0.25) is 14.4 Å². The molecule has 5 heteroatoms. The Labute approximate surface area is 146 Å². The molecule has 0 spiro atoms. The molecule has 2 atom stereocenters. The van der Waals surface area contributed by atoms with Gasteiger partial charge in [0.05, 0.1) is 6.04 Å². The van der Waals surface area contributed by atoms with Gasteiger partial charge in [-0.25, -0.2) is 0 Å². The topological polar surface area (TPSA) is 66.5 Å². The largest absolute Gasteiger partial charge is 0.349 e. The first-order valence-electron chi connectivity index (χ1n) is 8.22. The predicted molar refractivity (Wildman–Crippen MR) is 94.6 cm³/mol. The Kier molecular flexibility index (Phi) is 4.65. The third kappa shape index (κ3) is 3.45. The van der Waals surface area contributed by atoms with E-state index in [-0.39, 0.29) is 12.6 Å². The highest BCUT2D eigenvalue weighted by Gasteiger charge is 2.41. The van der Waals surface area contributed by atoms with Gasteiger partial charge < -0.3 is 10.2 Å². The molecule has 2 aromatic carbocycles. The molecular weight excluding hydrogens is 316 g/mol. The molecule has 1 aliphatic rings. The van der Waals surface area contributed by atoms with Crippen molar-refractivity contribution in [1.29, 1.82) is 0 Å². The maximum Gasteiger partial charge on any atom is 0.290 e. The van der Waals surface area contributed by atoms with Crippen molar-refractivity contribution in [2.45, 2.75) is 13.0 Å². The lowest BCUT2D eigenvalue weighted by atomic mass is 9.99. The Morgan fingerprint density at radius 3 is 2.40 bits per heavy atom. The van der Waals surface area contributed by atoms with E-state index >= 15 is 0 Å². The molecule has 0 radical (unpaired) electrons. The van der Waals surface area contributed by atoms with Crippen LogP contribution >= 0.6 is 0 Å². The van der Waals surface area contributed by atoms with Gasteiger partial charge in [0, 0.05) is 13.6 Å². The summed E-state index contributed by atoms with van der Waals surface area (Å²) in [5.74, 6) is -2.55. The van der Waals surface area contributed by atoms with Gasteiger partial charge in [0.1, 0.15) is 5.92 Å². The molecule has 0 bridgehead atoms. The minimum atomic E-state index is -0.919. The highest BCUT2D eigenvalue weighted by Crippen LogP contribution is 2.23. The van der Waals surface area contributed by atoms with E-state index in [1.807, 2.05) is 61.5 Å². The van der Waals surface area contributed by atoms with Crippen LogP contribution in [-0.4, -0.2) is 36.1 Å². The van der Waals surface area contributed by atoms with Crippen LogP contribution in [0.4, 0.5) is 0 Å². The lowest BCUT2D eigenvalue weighted by Gasteiger charge is -2.17. The summed E-state index contributed by atoms with van der Waals surface area (Å²) in [6.07, 6.45) is 0. The molecule has 1 N–H and O–H groups in total. The molecule has 1 unspecified atom stereocenters. The number of carbonyl (C=O) groups excluding carboxylic acids is 3. The fourth-order valence-electron chi connectivity index (χ4n) is 2.99. The molecule has 1 aliphatic heterocycles. The van der Waals surface area contributed by atoms with Crippen LogP contribution in [0.5, 0.6) is 0 Å². The fourth-order valence-corrected chi connectivity index (χ4v) is 2.99. The molecule has 1 fully saturated rings. The molecule has 1 saturated heterocycles.